The second-order valence-electron chi connectivity index (χ2n) is 8.02. The van der Waals surface area contributed by atoms with Gasteiger partial charge in [-0.2, -0.15) is 13.2 Å². The first-order chi connectivity index (χ1) is 13.2. The quantitative estimate of drug-likeness (QED) is 0.503. The fourth-order valence-electron chi connectivity index (χ4n) is 4.09. The van der Waals surface area contributed by atoms with Crippen LogP contribution in [0.25, 0.3) is 0 Å². The molecule has 1 unspecified atom stereocenters. The van der Waals surface area contributed by atoms with Gasteiger partial charge in [0.05, 0.1) is 17.5 Å². The Kier molecular flexibility index (Phi) is 6.17. The topological polar surface area (TPSA) is 63.2 Å². The Morgan fingerprint density at radius 1 is 1.43 bits per heavy atom. The summed E-state index contributed by atoms with van der Waals surface area (Å²) in [7, 11) is 0. The third-order valence-electron chi connectivity index (χ3n) is 5.75. The van der Waals surface area contributed by atoms with Gasteiger partial charge in [-0.05, 0) is 30.9 Å². The van der Waals surface area contributed by atoms with Crippen LogP contribution in [0, 0.1) is 11.8 Å². The molecule has 1 aliphatic carbocycles. The molecule has 1 aliphatic heterocycles. The molecule has 2 fully saturated rings. The SMILES string of the molecule is CCCCCC(C)C(=O)O[C@]12C[C@@H](CN1)C[C@H]2Nc1ccc(C(F)(F)F)cn1. The van der Waals surface area contributed by atoms with Crippen LogP contribution in [0.1, 0.15) is 57.9 Å². The summed E-state index contributed by atoms with van der Waals surface area (Å²) in [5.41, 5.74) is -1.60. The van der Waals surface area contributed by atoms with Crippen molar-refractivity contribution in [1.29, 1.82) is 0 Å². The van der Waals surface area contributed by atoms with Gasteiger partial charge in [0, 0.05) is 19.2 Å². The van der Waals surface area contributed by atoms with Gasteiger partial charge < -0.3 is 10.1 Å². The summed E-state index contributed by atoms with van der Waals surface area (Å²) < 4.78 is 44.1. The fourth-order valence-corrected chi connectivity index (χ4v) is 4.09. The molecule has 2 aliphatic rings. The number of hydrogen-bond acceptors (Lipinski definition) is 5. The molecule has 0 radical (unpaired) electrons. The number of carbonyl (C=O) groups excluding carboxylic acids is 1. The Balaban J connectivity index is 1.64. The third-order valence-corrected chi connectivity index (χ3v) is 5.75. The molecular formula is C20H28F3N3O2. The molecule has 0 aromatic carbocycles. The molecule has 8 heteroatoms. The highest BCUT2D eigenvalue weighted by Gasteiger charge is 2.55. The van der Waals surface area contributed by atoms with E-state index in [0.717, 1.165) is 50.9 Å². The van der Waals surface area contributed by atoms with Gasteiger partial charge in [0.25, 0.3) is 0 Å². The van der Waals surface area contributed by atoms with Gasteiger partial charge in [0.2, 0.25) is 0 Å². The maximum Gasteiger partial charge on any atom is 0.417 e. The van der Waals surface area contributed by atoms with Crippen molar-refractivity contribution in [3.8, 4) is 0 Å². The lowest BCUT2D eigenvalue weighted by Crippen LogP contribution is -2.57. The first-order valence-corrected chi connectivity index (χ1v) is 10.0. The number of hydrogen-bond donors (Lipinski definition) is 2. The largest absolute Gasteiger partial charge is 0.441 e. The molecule has 1 aromatic heterocycles. The smallest absolute Gasteiger partial charge is 0.417 e. The highest BCUT2D eigenvalue weighted by Crippen LogP contribution is 2.43. The monoisotopic (exact) mass is 399 g/mol. The van der Waals surface area contributed by atoms with Crippen molar-refractivity contribution in [3.63, 3.8) is 0 Å². The number of unbranched alkanes of at least 4 members (excludes halogenated alkanes) is 2. The number of alkyl halides is 3. The number of anilines is 1. The number of aromatic nitrogens is 1. The predicted octanol–water partition coefficient (Wildman–Crippen LogP) is 4.35. The Labute approximate surface area is 163 Å². The van der Waals surface area contributed by atoms with Gasteiger partial charge in [0.15, 0.2) is 5.72 Å². The lowest BCUT2D eigenvalue weighted by atomic mass is 10.0. The van der Waals surface area contributed by atoms with Crippen molar-refractivity contribution in [3.05, 3.63) is 23.9 Å². The van der Waals surface area contributed by atoms with Crippen molar-refractivity contribution >= 4 is 11.8 Å². The minimum Gasteiger partial charge on any atom is -0.441 e. The van der Waals surface area contributed by atoms with Crippen LogP contribution in [0.2, 0.25) is 0 Å². The van der Waals surface area contributed by atoms with E-state index in [1.807, 2.05) is 6.92 Å². The van der Waals surface area contributed by atoms with Crippen molar-refractivity contribution in [2.75, 3.05) is 11.9 Å². The molecule has 1 aromatic rings. The van der Waals surface area contributed by atoms with E-state index < -0.39 is 17.5 Å². The molecule has 156 valence electrons. The van der Waals surface area contributed by atoms with E-state index in [4.69, 9.17) is 4.74 Å². The Bertz CT molecular complexity index is 680. The van der Waals surface area contributed by atoms with Gasteiger partial charge >= 0.3 is 12.1 Å². The number of piperidine rings is 1. The van der Waals surface area contributed by atoms with Crippen LogP contribution in [0.5, 0.6) is 0 Å². The van der Waals surface area contributed by atoms with Gasteiger partial charge in [0.1, 0.15) is 5.82 Å². The highest BCUT2D eigenvalue weighted by molar-refractivity contribution is 5.72. The predicted molar refractivity (Wildman–Crippen MR) is 99.5 cm³/mol. The van der Waals surface area contributed by atoms with Gasteiger partial charge in [-0.3, -0.25) is 10.1 Å². The van der Waals surface area contributed by atoms with E-state index in [1.165, 1.54) is 6.07 Å². The molecule has 0 spiro atoms. The molecule has 4 atom stereocenters. The van der Waals surface area contributed by atoms with Crippen molar-refractivity contribution < 1.29 is 22.7 Å². The van der Waals surface area contributed by atoms with Crippen LogP contribution in [0.4, 0.5) is 19.0 Å². The first kappa shape index (κ1) is 20.9. The number of nitrogens with zero attached hydrogens (tertiary/aromatic N) is 1. The highest BCUT2D eigenvalue weighted by atomic mass is 19.4. The van der Waals surface area contributed by atoms with Crippen LogP contribution < -0.4 is 10.6 Å². The standard InChI is InChI=1S/C20H28F3N3O2/c1-3-4-5-6-13(2)18(27)28-19-10-14(11-25-19)9-16(19)26-17-8-7-15(12-24-17)20(21,22)23/h7-8,12-14,16,25H,3-6,9-11H2,1-2H3,(H,24,26)/t13?,14-,16+,19-/m0/s1. The minimum atomic E-state index is -4.41. The molecule has 3 rings (SSSR count). The zero-order chi connectivity index (χ0) is 20.4. The van der Waals surface area contributed by atoms with Crippen LogP contribution in [0.15, 0.2) is 18.3 Å². The van der Waals surface area contributed by atoms with E-state index in [1.54, 1.807) is 0 Å². The Morgan fingerprint density at radius 2 is 2.21 bits per heavy atom. The molecule has 1 saturated carbocycles. The maximum absolute atomic E-state index is 12.7. The van der Waals surface area contributed by atoms with E-state index >= 15 is 0 Å². The third kappa shape index (κ3) is 4.59. The molecule has 2 N–H and O–H groups in total. The number of pyridine rings is 1. The number of fused-ring (bicyclic) bond motifs is 2. The van der Waals surface area contributed by atoms with Crippen LogP contribution >= 0.6 is 0 Å². The van der Waals surface area contributed by atoms with Crippen LogP contribution in [-0.2, 0) is 15.7 Å². The number of halogens is 3. The van der Waals surface area contributed by atoms with Crippen molar-refractivity contribution in [1.82, 2.24) is 10.3 Å². The fraction of sp³-hybridized carbons (Fsp3) is 0.700. The van der Waals surface area contributed by atoms with E-state index in [-0.39, 0.29) is 17.9 Å². The summed E-state index contributed by atoms with van der Waals surface area (Å²) in [5, 5.41) is 6.49. The number of esters is 1. The second kappa shape index (κ2) is 8.27. The Morgan fingerprint density at radius 3 is 2.82 bits per heavy atom. The van der Waals surface area contributed by atoms with E-state index in [9.17, 15) is 18.0 Å². The molecule has 5 nitrogen and oxygen atoms in total. The Hall–Kier alpha value is -1.83. The van der Waals surface area contributed by atoms with E-state index in [2.05, 4.69) is 22.5 Å². The molecule has 1 saturated heterocycles. The summed E-state index contributed by atoms with van der Waals surface area (Å²) in [6.07, 6.45) is 1.87. The van der Waals surface area contributed by atoms with Crippen LogP contribution in [0.3, 0.4) is 0 Å². The summed E-state index contributed by atoms with van der Waals surface area (Å²) >= 11 is 0. The molecule has 28 heavy (non-hydrogen) atoms. The minimum absolute atomic E-state index is 0.174. The van der Waals surface area contributed by atoms with Crippen LogP contribution in [-0.4, -0.2) is 29.3 Å². The average molecular weight is 399 g/mol. The molecule has 2 bridgehead atoms. The van der Waals surface area contributed by atoms with Crippen molar-refractivity contribution in [2.24, 2.45) is 11.8 Å². The normalized spacial score (nSPS) is 27.6. The van der Waals surface area contributed by atoms with Crippen molar-refractivity contribution in [2.45, 2.75) is 70.3 Å². The first-order valence-electron chi connectivity index (χ1n) is 10.0. The average Bonchev–Trinajstić information content (AvgIpc) is 3.19. The van der Waals surface area contributed by atoms with Gasteiger partial charge in [-0.25, -0.2) is 4.98 Å². The summed E-state index contributed by atoms with van der Waals surface area (Å²) in [5.74, 6) is 0.319. The number of rotatable bonds is 8. The van der Waals surface area contributed by atoms with E-state index in [0.29, 0.717) is 18.2 Å². The summed E-state index contributed by atoms with van der Waals surface area (Å²) in [6.45, 7) is 4.78. The molecule has 2 heterocycles. The van der Waals surface area contributed by atoms with Gasteiger partial charge in [-0.15, -0.1) is 0 Å². The maximum atomic E-state index is 12.7. The zero-order valence-corrected chi connectivity index (χ0v) is 16.3. The second-order valence-corrected chi connectivity index (χ2v) is 8.02. The summed E-state index contributed by atoms with van der Waals surface area (Å²) in [6, 6.07) is 2.10. The number of nitrogens with one attached hydrogen (secondary N) is 2. The van der Waals surface area contributed by atoms with Gasteiger partial charge in [-0.1, -0.05) is 33.1 Å². The summed E-state index contributed by atoms with van der Waals surface area (Å²) in [4.78, 5) is 16.5. The number of carbonyl (C=O) groups is 1. The molecular weight excluding hydrogens is 371 g/mol. The zero-order valence-electron chi connectivity index (χ0n) is 16.3. The lowest BCUT2D eigenvalue weighted by molar-refractivity contribution is -0.167. The lowest BCUT2D eigenvalue weighted by Gasteiger charge is -2.36. The number of ether oxygens (including phenoxy) is 1. The molecule has 0 amide bonds.